The van der Waals surface area contributed by atoms with Crippen LogP contribution in [0.4, 0.5) is 0 Å². The minimum absolute atomic E-state index is 0.0375. The van der Waals surface area contributed by atoms with E-state index in [9.17, 15) is 4.79 Å². The number of aromatic amines is 1. The SMILES string of the molecule is Cc1cccc2[nH]cc(C(=O)N(C)C)c12. The van der Waals surface area contributed by atoms with Crippen LogP contribution in [0.5, 0.6) is 0 Å². The van der Waals surface area contributed by atoms with Crippen molar-refractivity contribution >= 4 is 16.8 Å². The zero-order valence-corrected chi connectivity index (χ0v) is 9.16. The highest BCUT2D eigenvalue weighted by Crippen LogP contribution is 2.22. The largest absolute Gasteiger partial charge is 0.360 e. The monoisotopic (exact) mass is 202 g/mol. The molecule has 3 nitrogen and oxygen atoms in total. The lowest BCUT2D eigenvalue weighted by molar-refractivity contribution is 0.0829. The maximum Gasteiger partial charge on any atom is 0.255 e. The second kappa shape index (κ2) is 3.42. The minimum atomic E-state index is 0.0375. The van der Waals surface area contributed by atoms with Crippen LogP contribution >= 0.6 is 0 Å². The summed E-state index contributed by atoms with van der Waals surface area (Å²) in [5.74, 6) is 0.0375. The van der Waals surface area contributed by atoms with Gasteiger partial charge in [-0.25, -0.2) is 0 Å². The first-order valence-electron chi connectivity index (χ1n) is 4.89. The summed E-state index contributed by atoms with van der Waals surface area (Å²) >= 11 is 0. The fraction of sp³-hybridized carbons (Fsp3) is 0.250. The number of rotatable bonds is 1. The van der Waals surface area contributed by atoms with Crippen molar-refractivity contribution in [3.8, 4) is 0 Å². The predicted octanol–water partition coefficient (Wildman–Crippen LogP) is 2.18. The Hall–Kier alpha value is -1.77. The van der Waals surface area contributed by atoms with Crippen molar-refractivity contribution in [3.63, 3.8) is 0 Å². The van der Waals surface area contributed by atoms with Crippen LogP contribution in [0.3, 0.4) is 0 Å². The number of hydrogen-bond donors (Lipinski definition) is 1. The van der Waals surface area contributed by atoms with Crippen molar-refractivity contribution in [2.75, 3.05) is 14.1 Å². The molecule has 3 heteroatoms. The smallest absolute Gasteiger partial charge is 0.255 e. The fourth-order valence-corrected chi connectivity index (χ4v) is 1.78. The van der Waals surface area contributed by atoms with Crippen molar-refractivity contribution < 1.29 is 4.79 Å². The van der Waals surface area contributed by atoms with E-state index in [4.69, 9.17) is 0 Å². The molecule has 1 aromatic carbocycles. The van der Waals surface area contributed by atoms with Gasteiger partial charge in [-0.05, 0) is 18.6 Å². The van der Waals surface area contributed by atoms with Crippen molar-refractivity contribution in [2.45, 2.75) is 6.92 Å². The van der Waals surface area contributed by atoms with Crippen LogP contribution in [0.1, 0.15) is 15.9 Å². The van der Waals surface area contributed by atoms with Gasteiger partial charge in [0, 0.05) is 31.2 Å². The first kappa shape index (κ1) is 9.77. The number of aryl methyl sites for hydroxylation is 1. The summed E-state index contributed by atoms with van der Waals surface area (Å²) in [6, 6.07) is 5.98. The molecule has 2 rings (SSSR count). The Labute approximate surface area is 88.7 Å². The second-order valence-corrected chi connectivity index (χ2v) is 3.90. The van der Waals surface area contributed by atoms with E-state index in [1.165, 1.54) is 0 Å². The summed E-state index contributed by atoms with van der Waals surface area (Å²) in [5, 5.41) is 1.02. The van der Waals surface area contributed by atoms with E-state index in [0.717, 1.165) is 22.0 Å². The zero-order chi connectivity index (χ0) is 11.0. The molecule has 1 heterocycles. The molecule has 2 aromatic rings. The van der Waals surface area contributed by atoms with Crippen LogP contribution in [-0.4, -0.2) is 29.9 Å². The van der Waals surface area contributed by atoms with Crippen LogP contribution in [0.25, 0.3) is 10.9 Å². The molecule has 1 aromatic heterocycles. The van der Waals surface area contributed by atoms with Gasteiger partial charge >= 0.3 is 0 Å². The summed E-state index contributed by atoms with van der Waals surface area (Å²) in [5.41, 5.74) is 2.88. The van der Waals surface area contributed by atoms with E-state index in [1.807, 2.05) is 25.1 Å². The van der Waals surface area contributed by atoms with Crippen LogP contribution < -0.4 is 0 Å². The van der Waals surface area contributed by atoms with Crippen molar-refractivity contribution in [3.05, 3.63) is 35.5 Å². The van der Waals surface area contributed by atoms with Gasteiger partial charge < -0.3 is 9.88 Å². The molecule has 0 spiro atoms. The standard InChI is InChI=1S/C12H14N2O/c1-8-5-4-6-10-11(8)9(7-13-10)12(15)14(2)3/h4-7,13H,1-3H3. The zero-order valence-electron chi connectivity index (χ0n) is 9.16. The lowest BCUT2D eigenvalue weighted by atomic mass is 10.1. The highest BCUT2D eigenvalue weighted by Gasteiger charge is 2.14. The molecule has 0 aliphatic carbocycles. The predicted molar refractivity (Wildman–Crippen MR) is 61.1 cm³/mol. The average Bonchev–Trinajstić information content (AvgIpc) is 2.61. The Kier molecular flexibility index (Phi) is 2.23. The van der Waals surface area contributed by atoms with Gasteiger partial charge in [0.25, 0.3) is 5.91 Å². The third-order valence-electron chi connectivity index (χ3n) is 2.55. The number of carbonyl (C=O) groups is 1. The molecule has 0 aliphatic rings. The molecule has 0 fully saturated rings. The summed E-state index contributed by atoms with van der Waals surface area (Å²) in [6.45, 7) is 2.02. The molecule has 0 saturated carbocycles. The molecule has 0 atom stereocenters. The highest BCUT2D eigenvalue weighted by molar-refractivity contribution is 6.07. The van der Waals surface area contributed by atoms with Gasteiger partial charge in [0.15, 0.2) is 0 Å². The molecule has 0 unspecified atom stereocenters. The van der Waals surface area contributed by atoms with Gasteiger partial charge in [-0.1, -0.05) is 12.1 Å². The third-order valence-corrected chi connectivity index (χ3v) is 2.55. The third kappa shape index (κ3) is 1.50. The molecular weight excluding hydrogens is 188 g/mol. The molecule has 0 aliphatic heterocycles. The quantitative estimate of drug-likeness (QED) is 0.756. The summed E-state index contributed by atoms with van der Waals surface area (Å²) < 4.78 is 0. The van der Waals surface area contributed by atoms with E-state index < -0.39 is 0 Å². The topological polar surface area (TPSA) is 36.1 Å². The molecular formula is C12H14N2O. The number of hydrogen-bond acceptors (Lipinski definition) is 1. The Morgan fingerprint density at radius 2 is 2.07 bits per heavy atom. The van der Waals surface area contributed by atoms with E-state index in [1.54, 1.807) is 25.2 Å². The van der Waals surface area contributed by atoms with Crippen molar-refractivity contribution in [1.82, 2.24) is 9.88 Å². The van der Waals surface area contributed by atoms with Crippen LogP contribution in [0, 0.1) is 6.92 Å². The number of carbonyl (C=O) groups excluding carboxylic acids is 1. The van der Waals surface area contributed by atoms with Crippen LogP contribution in [0.2, 0.25) is 0 Å². The Morgan fingerprint density at radius 1 is 1.33 bits per heavy atom. The van der Waals surface area contributed by atoms with Gasteiger partial charge in [0.05, 0.1) is 5.56 Å². The van der Waals surface area contributed by atoms with E-state index in [2.05, 4.69) is 4.98 Å². The molecule has 0 bridgehead atoms. The summed E-state index contributed by atoms with van der Waals surface area (Å²) in [6.07, 6.45) is 1.78. The van der Waals surface area contributed by atoms with Crippen LogP contribution in [0.15, 0.2) is 24.4 Å². The molecule has 15 heavy (non-hydrogen) atoms. The maximum absolute atomic E-state index is 11.9. The van der Waals surface area contributed by atoms with Gasteiger partial charge in [0.1, 0.15) is 0 Å². The number of H-pyrrole nitrogens is 1. The van der Waals surface area contributed by atoms with Crippen molar-refractivity contribution in [2.24, 2.45) is 0 Å². The molecule has 0 saturated heterocycles. The van der Waals surface area contributed by atoms with Gasteiger partial charge in [-0.3, -0.25) is 4.79 Å². The first-order chi connectivity index (χ1) is 7.11. The molecule has 78 valence electrons. The lowest BCUT2D eigenvalue weighted by Gasteiger charge is -2.09. The lowest BCUT2D eigenvalue weighted by Crippen LogP contribution is -2.21. The van der Waals surface area contributed by atoms with E-state index in [0.29, 0.717) is 0 Å². The Balaban J connectivity index is 2.67. The number of benzene rings is 1. The number of nitrogens with zero attached hydrogens (tertiary/aromatic N) is 1. The van der Waals surface area contributed by atoms with E-state index in [-0.39, 0.29) is 5.91 Å². The Morgan fingerprint density at radius 3 is 2.73 bits per heavy atom. The molecule has 1 amide bonds. The normalized spacial score (nSPS) is 10.6. The molecule has 1 N–H and O–H groups in total. The van der Waals surface area contributed by atoms with Gasteiger partial charge in [-0.2, -0.15) is 0 Å². The number of fused-ring (bicyclic) bond motifs is 1. The Bertz CT molecular complexity index is 511. The average molecular weight is 202 g/mol. The van der Waals surface area contributed by atoms with Gasteiger partial charge in [-0.15, -0.1) is 0 Å². The van der Waals surface area contributed by atoms with Gasteiger partial charge in [0.2, 0.25) is 0 Å². The van der Waals surface area contributed by atoms with E-state index >= 15 is 0 Å². The fourth-order valence-electron chi connectivity index (χ4n) is 1.78. The highest BCUT2D eigenvalue weighted by atomic mass is 16.2. The first-order valence-corrected chi connectivity index (χ1v) is 4.89. The minimum Gasteiger partial charge on any atom is -0.360 e. The van der Waals surface area contributed by atoms with Crippen LogP contribution in [-0.2, 0) is 0 Å². The van der Waals surface area contributed by atoms with Crippen molar-refractivity contribution in [1.29, 1.82) is 0 Å². The summed E-state index contributed by atoms with van der Waals surface area (Å²) in [4.78, 5) is 16.6. The number of amides is 1. The number of aromatic nitrogens is 1. The maximum atomic E-state index is 11.9. The number of nitrogens with one attached hydrogen (secondary N) is 1. The second-order valence-electron chi connectivity index (χ2n) is 3.90. The summed E-state index contributed by atoms with van der Waals surface area (Å²) in [7, 11) is 3.53. The molecule has 0 radical (unpaired) electrons.